The Labute approximate surface area is 260 Å². The van der Waals surface area contributed by atoms with Gasteiger partial charge in [0.2, 0.25) is 14.3 Å². The number of rotatable bonds is 10. The molecule has 0 unspecified atom stereocenters. The van der Waals surface area contributed by atoms with E-state index in [1.54, 1.807) is 49.4 Å². The Morgan fingerprint density at radius 1 is 1.02 bits per heavy atom. The van der Waals surface area contributed by atoms with Crippen LogP contribution in [0.25, 0.3) is 0 Å². The first kappa shape index (κ1) is 31.9. The Bertz CT molecular complexity index is 1440. The molecule has 3 aromatic carbocycles. The molecule has 0 bridgehead atoms. The number of aryl methyl sites for hydroxylation is 1. The Kier molecular flexibility index (Phi) is 9.87. The highest BCUT2D eigenvalue weighted by atomic mass is 28.4. The topological polar surface area (TPSA) is 88.1 Å². The summed E-state index contributed by atoms with van der Waals surface area (Å²) in [4.78, 5) is 28.0. The zero-order valence-corrected chi connectivity index (χ0v) is 27.0. The van der Waals surface area contributed by atoms with Crippen molar-refractivity contribution < 1.29 is 28.3 Å². The normalized spacial score (nSPS) is 23.2. The van der Waals surface area contributed by atoms with Crippen LogP contribution in [0.4, 0.5) is 9.80 Å². The molecule has 0 aromatic heterocycles. The van der Waals surface area contributed by atoms with Crippen molar-refractivity contribution in [3.05, 3.63) is 95.1 Å². The fourth-order valence-corrected chi connectivity index (χ4v) is 9.46. The first-order chi connectivity index (χ1) is 21.1. The second-order valence-electron chi connectivity index (χ2n) is 12.6. The molecule has 234 valence electrons. The molecule has 1 fully saturated rings. The number of anilines is 1. The average Bonchev–Trinajstić information content (AvgIpc) is 3.34. The van der Waals surface area contributed by atoms with Crippen molar-refractivity contribution >= 4 is 25.9 Å². The van der Waals surface area contributed by atoms with E-state index in [4.69, 9.17) is 9.47 Å². The van der Waals surface area contributed by atoms with E-state index in [2.05, 4.69) is 12.2 Å². The van der Waals surface area contributed by atoms with Gasteiger partial charge in [-0.15, -0.1) is 0 Å². The summed E-state index contributed by atoms with van der Waals surface area (Å²) in [5.74, 6) is 0.388. The maximum absolute atomic E-state index is 15.7. The molecule has 2 aliphatic heterocycles. The molecule has 3 aromatic rings. The van der Waals surface area contributed by atoms with Crippen LogP contribution < -0.4 is 10.1 Å². The van der Waals surface area contributed by atoms with E-state index in [0.717, 1.165) is 23.1 Å². The number of hydrogen-bond acceptors (Lipinski definition) is 5. The molecule has 2 heterocycles. The van der Waals surface area contributed by atoms with Crippen molar-refractivity contribution in [3.63, 3.8) is 0 Å². The van der Waals surface area contributed by atoms with E-state index in [-0.39, 0.29) is 48.4 Å². The number of methoxy groups -OCH3 is 1. The van der Waals surface area contributed by atoms with Gasteiger partial charge in [-0.25, -0.2) is 0 Å². The molecule has 0 spiro atoms. The zero-order valence-electron chi connectivity index (χ0n) is 26.0. The number of nitrogens with zero attached hydrogens (tertiary/aromatic N) is 1. The molecule has 0 aliphatic carbocycles. The minimum Gasteiger partial charge on any atom is -0.497 e. The second-order valence-corrected chi connectivity index (χ2v) is 16.4. The quantitative estimate of drug-likeness (QED) is 0.210. The number of halogens is 1. The summed E-state index contributed by atoms with van der Waals surface area (Å²) in [6.07, 6.45) is 1.53. The minimum absolute atomic E-state index is 0.0155. The van der Waals surface area contributed by atoms with E-state index >= 15 is 4.11 Å². The molecule has 7 nitrogen and oxygen atoms in total. The van der Waals surface area contributed by atoms with Gasteiger partial charge in [-0.05, 0) is 91.4 Å². The van der Waals surface area contributed by atoms with Gasteiger partial charge in [0.25, 0.3) is 5.91 Å². The van der Waals surface area contributed by atoms with Crippen molar-refractivity contribution in [1.82, 2.24) is 4.90 Å². The molecule has 1 saturated heterocycles. The van der Waals surface area contributed by atoms with Crippen LogP contribution in [0.2, 0.25) is 18.6 Å². The number of nitrogens with one attached hydrogen (secondary N) is 1. The molecule has 2 amide bonds. The van der Waals surface area contributed by atoms with Crippen molar-refractivity contribution in [1.29, 1.82) is 0 Å². The average molecular weight is 619 g/mol. The van der Waals surface area contributed by atoms with Gasteiger partial charge in [0.05, 0.1) is 38.4 Å². The summed E-state index contributed by atoms with van der Waals surface area (Å²) in [5, 5.41) is 13.0. The maximum Gasteiger partial charge on any atom is 0.255 e. The van der Waals surface area contributed by atoms with Gasteiger partial charge in [-0.3, -0.25) is 9.59 Å². The Hall–Kier alpha value is -3.53. The third-order valence-electron chi connectivity index (χ3n) is 9.24. The summed E-state index contributed by atoms with van der Waals surface area (Å²) in [5.41, 5.74) is 4.29. The summed E-state index contributed by atoms with van der Waals surface area (Å²) >= 11 is 0. The fourth-order valence-electron chi connectivity index (χ4n) is 6.92. The Morgan fingerprint density at radius 3 is 2.34 bits per heavy atom. The smallest absolute Gasteiger partial charge is 0.255 e. The highest BCUT2D eigenvalue weighted by Crippen LogP contribution is 2.47. The highest BCUT2D eigenvalue weighted by molar-refractivity contribution is 6.72. The largest absolute Gasteiger partial charge is 0.497 e. The van der Waals surface area contributed by atoms with Crippen LogP contribution >= 0.6 is 0 Å². The van der Waals surface area contributed by atoms with E-state index in [1.165, 1.54) is 0 Å². The number of benzene rings is 3. The first-order valence-corrected chi connectivity index (χ1v) is 18.4. The van der Waals surface area contributed by atoms with Crippen molar-refractivity contribution in [2.45, 2.75) is 76.0 Å². The van der Waals surface area contributed by atoms with E-state index in [9.17, 15) is 14.7 Å². The van der Waals surface area contributed by atoms with E-state index < -0.39 is 14.5 Å². The standard InChI is InChI=1S/C35H43FN2O5Si/c1-23-31(18-11-24-9-14-28(15-10-24)37-35(41)25-12-16-30(42-2)17-13-25)43-32(34(23)44(3,4)36)20-33(40)38-21-27-8-6-5-7-26(27)19-29(38)22-39/h5-10,12-17,23,29,31-32,34,39H,11,18-22H2,1-4H3,(H,37,41)/t23-,29+,31+,32-,34+/m1/s1. The number of aliphatic hydroxyl groups is 1. The first-order valence-electron chi connectivity index (χ1n) is 15.4. The lowest BCUT2D eigenvalue weighted by atomic mass is 9.93. The van der Waals surface area contributed by atoms with Crippen LogP contribution in [0.1, 0.15) is 46.8 Å². The summed E-state index contributed by atoms with van der Waals surface area (Å²) in [7, 11) is -1.56. The summed E-state index contributed by atoms with van der Waals surface area (Å²) in [6.45, 7) is 5.82. The van der Waals surface area contributed by atoms with Crippen molar-refractivity contribution in [3.8, 4) is 5.75 Å². The number of carbonyl (C=O) groups excluding carboxylic acids is 2. The number of carbonyl (C=O) groups is 2. The number of hydrogen-bond donors (Lipinski definition) is 2. The van der Waals surface area contributed by atoms with Crippen LogP contribution in [0.15, 0.2) is 72.8 Å². The number of ether oxygens (including phenoxy) is 2. The van der Waals surface area contributed by atoms with Gasteiger partial charge in [-0.2, -0.15) is 0 Å². The second kappa shape index (κ2) is 13.6. The minimum atomic E-state index is -3.15. The molecule has 44 heavy (non-hydrogen) atoms. The van der Waals surface area contributed by atoms with Crippen LogP contribution in [-0.4, -0.2) is 62.2 Å². The van der Waals surface area contributed by atoms with Crippen molar-refractivity contribution in [2.75, 3.05) is 19.0 Å². The molecule has 0 saturated carbocycles. The predicted molar refractivity (Wildman–Crippen MR) is 172 cm³/mol. The molecule has 5 rings (SSSR count). The van der Waals surface area contributed by atoms with Crippen LogP contribution in [-0.2, 0) is 28.9 Å². The molecule has 0 radical (unpaired) electrons. The van der Waals surface area contributed by atoms with Crippen LogP contribution in [0.3, 0.4) is 0 Å². The molecule has 2 N–H and O–H groups in total. The van der Waals surface area contributed by atoms with Gasteiger partial charge in [0.1, 0.15) is 5.75 Å². The highest BCUT2D eigenvalue weighted by Gasteiger charge is 2.52. The molecular weight excluding hydrogens is 575 g/mol. The SMILES string of the molecule is COc1ccc(C(=O)Nc2ccc(CC[C@@H]3O[C@H](CC(=O)N4Cc5ccccc5C[C@H]4CO)[C@@H]([Si](C)(C)F)[C@@H]3C)cc2)cc1. The maximum atomic E-state index is 15.7. The molecule has 9 heteroatoms. The third kappa shape index (κ3) is 7.22. The van der Waals surface area contributed by atoms with E-state index in [1.807, 2.05) is 48.5 Å². The third-order valence-corrected chi connectivity index (χ3v) is 11.7. The monoisotopic (exact) mass is 618 g/mol. The number of amides is 2. The predicted octanol–water partition coefficient (Wildman–Crippen LogP) is 6.16. The van der Waals surface area contributed by atoms with Crippen LogP contribution in [0.5, 0.6) is 5.75 Å². The zero-order chi connectivity index (χ0) is 31.4. The lowest BCUT2D eigenvalue weighted by Gasteiger charge is -2.37. The lowest BCUT2D eigenvalue weighted by molar-refractivity contribution is -0.138. The van der Waals surface area contributed by atoms with Gasteiger partial charge in [0, 0.05) is 23.3 Å². The Balaban J connectivity index is 1.20. The molecule has 5 atom stereocenters. The van der Waals surface area contributed by atoms with Gasteiger partial charge in [0.15, 0.2) is 0 Å². The van der Waals surface area contributed by atoms with Gasteiger partial charge < -0.3 is 28.9 Å². The van der Waals surface area contributed by atoms with E-state index in [0.29, 0.717) is 36.4 Å². The summed E-state index contributed by atoms with van der Waals surface area (Å²) in [6, 6.07) is 22.4. The van der Waals surface area contributed by atoms with Crippen LogP contribution in [0, 0.1) is 5.92 Å². The molecular formula is C35H43FN2O5Si. The number of aliphatic hydroxyl groups excluding tert-OH is 1. The van der Waals surface area contributed by atoms with Crippen molar-refractivity contribution in [2.24, 2.45) is 5.92 Å². The lowest BCUT2D eigenvalue weighted by Crippen LogP contribution is -2.48. The van der Waals surface area contributed by atoms with Gasteiger partial charge in [-0.1, -0.05) is 43.3 Å². The van der Waals surface area contributed by atoms with Gasteiger partial charge >= 0.3 is 0 Å². The Morgan fingerprint density at radius 2 is 1.70 bits per heavy atom. The number of fused-ring (bicyclic) bond motifs is 1. The summed E-state index contributed by atoms with van der Waals surface area (Å²) < 4.78 is 27.4. The molecule has 2 aliphatic rings. The fraction of sp³-hybridized carbons (Fsp3) is 0.429.